The molecule has 1 atom stereocenters. The van der Waals surface area contributed by atoms with Crippen LogP contribution in [0.15, 0.2) is 0 Å². The van der Waals surface area contributed by atoms with Crippen LogP contribution in [0, 0.1) is 5.92 Å². The molecule has 11 heavy (non-hydrogen) atoms. The summed E-state index contributed by atoms with van der Waals surface area (Å²) in [6, 6.07) is 0. The van der Waals surface area contributed by atoms with Crippen LogP contribution in [-0.4, -0.2) is 11.0 Å². The molecule has 1 rings (SSSR count). The fraction of sp³-hybridized carbons (Fsp3) is 1.00. The molecule has 0 N–H and O–H groups in total. The number of thioether (sulfide) groups is 1. The molecule has 0 radical (unpaired) electrons. The van der Waals surface area contributed by atoms with Crippen molar-refractivity contribution in [1.29, 1.82) is 0 Å². The summed E-state index contributed by atoms with van der Waals surface area (Å²) in [5, 5.41) is 1.02. The number of rotatable bonds is 4. The van der Waals surface area contributed by atoms with Crippen LogP contribution in [0.4, 0.5) is 0 Å². The van der Waals surface area contributed by atoms with Gasteiger partial charge in [-0.2, -0.15) is 11.8 Å². The largest absolute Gasteiger partial charge is 0.158 e. The van der Waals surface area contributed by atoms with Gasteiger partial charge in [-0.1, -0.05) is 33.1 Å². The molecule has 0 saturated heterocycles. The molecule has 0 aromatic heterocycles. The molecule has 0 aliphatic heterocycles. The lowest BCUT2D eigenvalue weighted by molar-refractivity contribution is 0.635. The number of hydrogen-bond donors (Lipinski definition) is 0. The first-order valence-electron chi connectivity index (χ1n) is 4.94. The molecule has 1 aliphatic carbocycles. The van der Waals surface area contributed by atoms with E-state index in [1.54, 1.807) is 0 Å². The van der Waals surface area contributed by atoms with E-state index in [9.17, 15) is 0 Å². The van der Waals surface area contributed by atoms with E-state index >= 15 is 0 Å². The lowest BCUT2D eigenvalue weighted by Gasteiger charge is -2.12. The van der Waals surface area contributed by atoms with Crippen LogP contribution in [0.1, 0.15) is 46.0 Å². The smallest absolute Gasteiger partial charge is 0.00471 e. The zero-order valence-corrected chi connectivity index (χ0v) is 8.62. The van der Waals surface area contributed by atoms with E-state index in [2.05, 4.69) is 25.6 Å². The van der Waals surface area contributed by atoms with Crippen molar-refractivity contribution < 1.29 is 0 Å². The summed E-state index contributed by atoms with van der Waals surface area (Å²) >= 11 is 2.22. The van der Waals surface area contributed by atoms with E-state index in [1.165, 1.54) is 37.9 Å². The van der Waals surface area contributed by atoms with Gasteiger partial charge in [-0.25, -0.2) is 0 Å². The van der Waals surface area contributed by atoms with Crippen molar-refractivity contribution in [3.8, 4) is 0 Å². The molecular weight excluding hydrogens is 152 g/mol. The van der Waals surface area contributed by atoms with Gasteiger partial charge in [0, 0.05) is 5.25 Å². The highest BCUT2D eigenvalue weighted by Gasteiger charge is 2.15. The van der Waals surface area contributed by atoms with Gasteiger partial charge in [0.1, 0.15) is 0 Å². The topological polar surface area (TPSA) is 0 Å². The average Bonchev–Trinajstić information content (AvgIpc) is 2.52. The van der Waals surface area contributed by atoms with Crippen molar-refractivity contribution in [2.24, 2.45) is 5.92 Å². The fourth-order valence-corrected chi connectivity index (χ4v) is 2.98. The summed E-state index contributed by atoms with van der Waals surface area (Å²) in [5.41, 5.74) is 0. The third-order valence-electron chi connectivity index (χ3n) is 2.62. The summed E-state index contributed by atoms with van der Waals surface area (Å²) in [4.78, 5) is 0. The summed E-state index contributed by atoms with van der Waals surface area (Å²) in [6.07, 6.45) is 7.29. The van der Waals surface area contributed by atoms with Crippen LogP contribution in [0.5, 0.6) is 0 Å². The van der Waals surface area contributed by atoms with Gasteiger partial charge in [0.05, 0.1) is 0 Å². The van der Waals surface area contributed by atoms with Crippen molar-refractivity contribution in [3.05, 3.63) is 0 Å². The minimum atomic E-state index is 0.931. The Labute approximate surface area is 75.1 Å². The van der Waals surface area contributed by atoms with Gasteiger partial charge in [-0.15, -0.1) is 0 Å². The Hall–Kier alpha value is 0.350. The van der Waals surface area contributed by atoms with Gasteiger partial charge in [-0.3, -0.25) is 0 Å². The third-order valence-corrected chi connectivity index (χ3v) is 4.32. The first kappa shape index (κ1) is 9.44. The second kappa shape index (κ2) is 5.08. The fourth-order valence-electron chi connectivity index (χ4n) is 1.47. The predicted octanol–water partition coefficient (Wildman–Crippen LogP) is 3.71. The maximum absolute atomic E-state index is 2.36. The van der Waals surface area contributed by atoms with Crippen molar-refractivity contribution >= 4 is 11.8 Å². The van der Waals surface area contributed by atoms with Crippen molar-refractivity contribution in [2.45, 2.75) is 51.2 Å². The lowest BCUT2D eigenvalue weighted by atomic mass is 10.2. The van der Waals surface area contributed by atoms with E-state index in [1.807, 2.05) is 0 Å². The molecule has 1 aliphatic rings. The molecule has 0 heterocycles. The molecule has 0 aromatic rings. The molecule has 66 valence electrons. The maximum atomic E-state index is 2.36. The van der Waals surface area contributed by atoms with Crippen molar-refractivity contribution in [1.82, 2.24) is 0 Å². The average molecular weight is 172 g/mol. The second-order valence-corrected chi connectivity index (χ2v) is 5.09. The third kappa shape index (κ3) is 3.50. The van der Waals surface area contributed by atoms with Crippen molar-refractivity contribution in [2.75, 3.05) is 5.75 Å². The van der Waals surface area contributed by atoms with E-state index in [0.29, 0.717) is 0 Å². The summed E-state index contributed by atoms with van der Waals surface area (Å²) in [5.74, 6) is 2.32. The Morgan fingerprint density at radius 1 is 1.36 bits per heavy atom. The van der Waals surface area contributed by atoms with Crippen LogP contribution in [0.2, 0.25) is 0 Å². The highest BCUT2D eigenvalue weighted by molar-refractivity contribution is 7.99. The van der Waals surface area contributed by atoms with E-state index in [-0.39, 0.29) is 0 Å². The van der Waals surface area contributed by atoms with Crippen LogP contribution in [-0.2, 0) is 0 Å². The van der Waals surface area contributed by atoms with E-state index in [0.717, 1.165) is 11.2 Å². The molecule has 0 aromatic carbocycles. The van der Waals surface area contributed by atoms with Gasteiger partial charge in [0.2, 0.25) is 0 Å². The Bertz CT molecular complexity index is 95.0. The Morgan fingerprint density at radius 3 is 2.55 bits per heavy atom. The van der Waals surface area contributed by atoms with Crippen molar-refractivity contribution in [3.63, 3.8) is 0 Å². The molecule has 0 spiro atoms. The van der Waals surface area contributed by atoms with Gasteiger partial charge in [0.15, 0.2) is 0 Å². The Morgan fingerprint density at radius 2 is 2.00 bits per heavy atom. The Balaban J connectivity index is 2.01. The SMILES string of the molecule is CC[C@H](C)CSC1CCCC1. The zero-order valence-electron chi connectivity index (χ0n) is 7.81. The molecule has 0 unspecified atom stereocenters. The first-order valence-corrected chi connectivity index (χ1v) is 5.99. The monoisotopic (exact) mass is 172 g/mol. The van der Waals surface area contributed by atoms with Gasteiger partial charge in [-0.05, 0) is 24.5 Å². The van der Waals surface area contributed by atoms with E-state index in [4.69, 9.17) is 0 Å². The normalized spacial score (nSPS) is 22.4. The molecule has 1 heteroatoms. The highest BCUT2D eigenvalue weighted by atomic mass is 32.2. The second-order valence-electron chi connectivity index (χ2n) is 3.75. The van der Waals surface area contributed by atoms with Gasteiger partial charge < -0.3 is 0 Å². The summed E-state index contributed by atoms with van der Waals surface area (Å²) < 4.78 is 0. The minimum absolute atomic E-state index is 0.931. The van der Waals surface area contributed by atoms with Crippen LogP contribution in [0.25, 0.3) is 0 Å². The zero-order chi connectivity index (χ0) is 8.10. The van der Waals surface area contributed by atoms with Crippen LogP contribution in [0.3, 0.4) is 0 Å². The minimum Gasteiger partial charge on any atom is -0.158 e. The summed E-state index contributed by atoms with van der Waals surface area (Å²) in [6.45, 7) is 4.65. The molecule has 0 amide bonds. The van der Waals surface area contributed by atoms with E-state index < -0.39 is 0 Å². The quantitative estimate of drug-likeness (QED) is 0.623. The van der Waals surface area contributed by atoms with Crippen LogP contribution >= 0.6 is 11.8 Å². The molecule has 0 bridgehead atoms. The summed E-state index contributed by atoms with van der Waals surface area (Å²) in [7, 11) is 0. The van der Waals surface area contributed by atoms with Gasteiger partial charge >= 0.3 is 0 Å². The first-order chi connectivity index (χ1) is 5.33. The number of hydrogen-bond acceptors (Lipinski definition) is 1. The predicted molar refractivity (Wildman–Crippen MR) is 54.2 cm³/mol. The Kier molecular flexibility index (Phi) is 4.36. The molecule has 0 nitrogen and oxygen atoms in total. The maximum Gasteiger partial charge on any atom is 0.00471 e. The standard InChI is InChI=1S/C10H20S/c1-3-9(2)8-11-10-6-4-5-7-10/h9-10H,3-8H2,1-2H3/t9-/m0/s1. The lowest BCUT2D eigenvalue weighted by Crippen LogP contribution is -2.02. The highest BCUT2D eigenvalue weighted by Crippen LogP contribution is 2.30. The van der Waals surface area contributed by atoms with Crippen LogP contribution < -0.4 is 0 Å². The molecular formula is C10H20S. The van der Waals surface area contributed by atoms with Gasteiger partial charge in [0.25, 0.3) is 0 Å². The molecule has 1 fully saturated rings. The molecule has 1 saturated carbocycles.